The first-order valence-corrected chi connectivity index (χ1v) is 26.9. The maximum atomic E-state index is 12.1. The Morgan fingerprint density at radius 1 is 0.500 bits per heavy atom. The molecule has 426 valence electrons. The van der Waals surface area contributed by atoms with Gasteiger partial charge in [-0.2, -0.15) is 0 Å². The Balaban J connectivity index is 0.834. The van der Waals surface area contributed by atoms with E-state index in [4.69, 9.17) is 47.4 Å². The van der Waals surface area contributed by atoms with Crippen LogP contribution >= 0.6 is 0 Å². The Hall–Kier alpha value is -0.960. The number of rotatable bonds is 11. The smallest absolute Gasteiger partial charge is 0.187 e. The molecular weight excluding hydrogens is 985 g/mol. The van der Waals surface area contributed by atoms with Gasteiger partial charge in [0.25, 0.3) is 0 Å². The molecule has 10 aliphatic rings. The van der Waals surface area contributed by atoms with Crippen LogP contribution in [0, 0.1) is 52.3 Å². The monoisotopic (exact) mass is 1070 g/mol. The van der Waals surface area contributed by atoms with Crippen molar-refractivity contribution in [1.29, 1.82) is 0 Å². The van der Waals surface area contributed by atoms with Crippen molar-refractivity contribution in [2.45, 2.75) is 226 Å². The third kappa shape index (κ3) is 9.45. The quantitative estimate of drug-likeness (QED) is 0.0870. The molecule has 10 fully saturated rings. The zero-order chi connectivity index (χ0) is 53.1. The van der Waals surface area contributed by atoms with Gasteiger partial charge in [-0.1, -0.05) is 27.7 Å². The molecule has 0 amide bonds. The lowest BCUT2D eigenvalue weighted by Gasteiger charge is -2.63. The zero-order valence-corrected chi connectivity index (χ0v) is 42.4. The van der Waals surface area contributed by atoms with Crippen molar-refractivity contribution < 1.29 is 119 Å². The second kappa shape index (κ2) is 21.5. The molecule has 6 heterocycles. The normalized spacial score (nSPS) is 58.6. The fraction of sp³-hybridized carbons (Fsp3) is 1.00. The lowest BCUT2D eigenvalue weighted by molar-refractivity contribution is -0.404. The predicted molar refractivity (Wildman–Crippen MR) is 245 cm³/mol. The van der Waals surface area contributed by atoms with Crippen LogP contribution in [0.3, 0.4) is 0 Å². The number of ether oxygens (including phenoxy) is 10. The van der Waals surface area contributed by atoms with Crippen molar-refractivity contribution >= 4 is 0 Å². The van der Waals surface area contributed by atoms with Gasteiger partial charge in [0, 0.05) is 12.3 Å². The summed E-state index contributed by atoms with van der Waals surface area (Å²) in [4.78, 5) is 0. The lowest BCUT2D eigenvalue weighted by atomic mass is 9.43. The Labute approximate surface area is 429 Å². The predicted octanol–water partition coefficient (Wildman–Crippen LogP) is -4.33. The minimum Gasteiger partial charge on any atom is -0.394 e. The summed E-state index contributed by atoms with van der Waals surface area (Å²) in [5, 5.41) is 153. The Morgan fingerprint density at radius 3 is 1.81 bits per heavy atom. The van der Waals surface area contributed by atoms with E-state index >= 15 is 0 Å². The third-order valence-corrected chi connectivity index (χ3v) is 20.0. The van der Waals surface area contributed by atoms with Crippen LogP contribution in [0.1, 0.15) is 79.1 Å². The van der Waals surface area contributed by atoms with Crippen LogP contribution in [0.15, 0.2) is 0 Å². The largest absolute Gasteiger partial charge is 0.394 e. The molecule has 0 aromatic carbocycles. The highest BCUT2D eigenvalue weighted by Crippen LogP contribution is 2.71. The number of fused-ring (bicyclic) bond motifs is 7. The summed E-state index contributed by atoms with van der Waals surface area (Å²) in [6.07, 6.45) is -31.1. The van der Waals surface area contributed by atoms with Crippen molar-refractivity contribution in [3.8, 4) is 0 Å². The van der Waals surface area contributed by atoms with E-state index in [1.54, 1.807) is 0 Å². The fourth-order valence-corrected chi connectivity index (χ4v) is 16.0. The molecule has 4 saturated carbocycles. The van der Waals surface area contributed by atoms with E-state index in [0.717, 1.165) is 32.1 Å². The molecule has 6 saturated heterocycles. The minimum atomic E-state index is -2.04. The molecule has 24 heteroatoms. The number of aliphatic hydroxyl groups excluding tert-OH is 14. The van der Waals surface area contributed by atoms with E-state index in [-0.39, 0.29) is 48.0 Å². The molecule has 33 atom stereocenters. The average Bonchev–Trinajstić information content (AvgIpc) is 3.82. The molecule has 0 aromatic rings. The molecule has 74 heavy (non-hydrogen) atoms. The van der Waals surface area contributed by atoms with Gasteiger partial charge in [0.15, 0.2) is 30.9 Å². The molecular formula is C50H82O24. The molecule has 10 rings (SSSR count). The molecule has 4 aliphatic carbocycles. The number of hydrogen-bond donors (Lipinski definition) is 14. The van der Waals surface area contributed by atoms with Crippen molar-refractivity contribution in [3.63, 3.8) is 0 Å². The van der Waals surface area contributed by atoms with Crippen LogP contribution in [-0.4, -0.2) is 251 Å². The van der Waals surface area contributed by atoms with E-state index in [9.17, 15) is 71.5 Å². The van der Waals surface area contributed by atoms with Crippen LogP contribution in [-0.2, 0) is 47.4 Å². The summed E-state index contributed by atoms with van der Waals surface area (Å²) in [5.74, 6) is 0.989. The average molecular weight is 1070 g/mol. The first-order valence-electron chi connectivity index (χ1n) is 26.9. The molecule has 0 bridgehead atoms. The van der Waals surface area contributed by atoms with Crippen molar-refractivity contribution in [1.82, 2.24) is 0 Å². The topological polar surface area (TPSA) is 376 Å². The van der Waals surface area contributed by atoms with Gasteiger partial charge < -0.3 is 119 Å². The summed E-state index contributed by atoms with van der Waals surface area (Å²) >= 11 is 0. The fourth-order valence-electron chi connectivity index (χ4n) is 16.0. The van der Waals surface area contributed by atoms with Gasteiger partial charge in [-0.15, -0.1) is 0 Å². The molecule has 6 aliphatic heterocycles. The van der Waals surface area contributed by atoms with Crippen molar-refractivity contribution in [2.75, 3.05) is 33.0 Å². The van der Waals surface area contributed by atoms with E-state index in [1.807, 2.05) is 0 Å². The molecule has 14 N–H and O–H groups in total. The first kappa shape index (κ1) is 56.3. The summed E-state index contributed by atoms with van der Waals surface area (Å²) in [6, 6.07) is 0. The summed E-state index contributed by atoms with van der Waals surface area (Å²) in [7, 11) is 0. The van der Waals surface area contributed by atoms with E-state index < -0.39 is 173 Å². The standard InChI is InChI=1S/C50H82O24/c1-18-5-8-50(66-16-18)19(2)32-28(74-50)10-22-20-9-24(54)23-11-27(25(55)12-49(23,4)21(20)6-7-48(22,32)3)67-45-40(64)37(61)41(31(15-53)70-45)71-47-43(73-46-39(63)36(60)34(58)29(13-51)68-46)42(35(59)30(14-52)69-47)72-44-38(62)33(57)26(56)17-65-44/h18-47,51-64H,5-17H2,1-4H3/t18-,19+,20-,21+,22+,23-,24+,25-,26-,27-,28+,29-,30-,31-,32+,33+,34-,35-,36+,37-,38-,39-,40-,41+,42+,43-,44+,45-,46+,47+,48+,49-,50-/m1/s1. The summed E-state index contributed by atoms with van der Waals surface area (Å²) in [5.41, 5.74) is -0.460. The van der Waals surface area contributed by atoms with Crippen LogP contribution in [0.5, 0.6) is 0 Å². The first-order chi connectivity index (χ1) is 35.1. The van der Waals surface area contributed by atoms with Gasteiger partial charge in [0.1, 0.15) is 91.6 Å². The zero-order valence-electron chi connectivity index (χ0n) is 42.4. The van der Waals surface area contributed by atoms with E-state index in [2.05, 4.69) is 27.7 Å². The van der Waals surface area contributed by atoms with Gasteiger partial charge >= 0.3 is 0 Å². The number of hydrogen-bond acceptors (Lipinski definition) is 24. The van der Waals surface area contributed by atoms with E-state index in [1.165, 1.54) is 0 Å². The third-order valence-electron chi connectivity index (χ3n) is 20.0. The van der Waals surface area contributed by atoms with Gasteiger partial charge in [-0.05, 0) is 91.3 Å². The lowest BCUT2D eigenvalue weighted by Crippen LogP contribution is -2.68. The second-order valence-corrected chi connectivity index (χ2v) is 24.2. The second-order valence-electron chi connectivity index (χ2n) is 24.2. The minimum absolute atomic E-state index is 0.00497. The Kier molecular flexibility index (Phi) is 16.4. The van der Waals surface area contributed by atoms with Crippen LogP contribution < -0.4 is 0 Å². The highest BCUT2D eigenvalue weighted by molar-refractivity contribution is 5.17. The van der Waals surface area contributed by atoms with E-state index in [0.29, 0.717) is 30.8 Å². The molecule has 1 spiro atoms. The van der Waals surface area contributed by atoms with Crippen LogP contribution in [0.25, 0.3) is 0 Å². The van der Waals surface area contributed by atoms with Crippen molar-refractivity contribution in [3.05, 3.63) is 0 Å². The molecule has 24 nitrogen and oxygen atoms in total. The maximum absolute atomic E-state index is 12.1. The van der Waals surface area contributed by atoms with Gasteiger partial charge in [-0.3, -0.25) is 0 Å². The summed E-state index contributed by atoms with van der Waals surface area (Å²) < 4.78 is 60.9. The maximum Gasteiger partial charge on any atom is 0.187 e. The molecule has 0 aromatic heterocycles. The highest BCUT2D eigenvalue weighted by Gasteiger charge is 2.70. The SMILES string of the molecule is C[C@@H]1CC[C@@]2(OC1)O[C@H]1C[C@H]3[C@@H]4C[C@H](O)[C@H]5C[C@@H](O[C@@H]6O[C@H](CO)[C@H](O[C@@H]7O[C@H](CO)[C@@H](O)[C@H](O[C@@H]8OC[C@@H](O)[C@H](O)[C@H]8O)[C@H]7O[C@@H]7O[C@H](CO)[C@@H](O)[C@H](O)[C@H]7O)[C@H](O)[C@H]6O)[C@H](O)C[C@]5(C)[C@H]4CC[C@]3(C)[C@H]1[C@@H]2C. The Morgan fingerprint density at radius 2 is 1.12 bits per heavy atom. The number of aliphatic hydroxyl groups is 14. The van der Waals surface area contributed by atoms with Gasteiger partial charge in [-0.25, -0.2) is 0 Å². The van der Waals surface area contributed by atoms with Crippen LogP contribution in [0.2, 0.25) is 0 Å². The van der Waals surface area contributed by atoms with Gasteiger partial charge in [0.2, 0.25) is 0 Å². The van der Waals surface area contributed by atoms with Crippen molar-refractivity contribution in [2.24, 2.45) is 52.3 Å². The van der Waals surface area contributed by atoms with Crippen LogP contribution in [0.4, 0.5) is 0 Å². The van der Waals surface area contributed by atoms with Gasteiger partial charge in [0.05, 0.1) is 57.5 Å². The molecule has 0 radical (unpaired) electrons. The summed E-state index contributed by atoms with van der Waals surface area (Å²) in [6.45, 7) is 6.60. The highest BCUT2D eigenvalue weighted by atomic mass is 16.8. The molecule has 0 unspecified atom stereocenters. The Bertz CT molecular complexity index is 1900.